The number of nitrogens with zero attached hydrogens (tertiary/aromatic N) is 1. The van der Waals surface area contributed by atoms with Crippen molar-refractivity contribution in [1.29, 1.82) is 0 Å². The fourth-order valence-corrected chi connectivity index (χ4v) is 2.50. The number of ether oxygens (including phenoxy) is 1. The fraction of sp³-hybridized carbons (Fsp3) is 0.176. The smallest absolute Gasteiger partial charge is 0.264 e. The normalized spacial score (nSPS) is 12.9. The number of amides is 1. The van der Waals surface area contributed by atoms with Gasteiger partial charge in [-0.05, 0) is 30.2 Å². The summed E-state index contributed by atoms with van der Waals surface area (Å²) in [6.45, 7) is 0.659. The average Bonchev–Trinajstić information content (AvgIpc) is 2.97. The van der Waals surface area contributed by atoms with Gasteiger partial charge in [0, 0.05) is 17.8 Å². The summed E-state index contributed by atoms with van der Waals surface area (Å²) in [5.74, 6) is 0.455. The number of hydrogen-bond donors (Lipinski definition) is 0. The molecule has 3 rings (SSSR count). The fourth-order valence-electron chi connectivity index (χ4n) is 2.50. The molecule has 21 heavy (non-hydrogen) atoms. The molecule has 2 aromatic carbocycles. The molecule has 0 bridgehead atoms. The summed E-state index contributed by atoms with van der Waals surface area (Å²) in [5.41, 5.74) is 2.69. The molecule has 1 amide bonds. The van der Waals surface area contributed by atoms with Gasteiger partial charge in [-0.3, -0.25) is 9.59 Å². The topological polar surface area (TPSA) is 46.6 Å². The Kier molecular flexibility index (Phi) is 3.69. The van der Waals surface area contributed by atoms with Gasteiger partial charge in [0.1, 0.15) is 12.0 Å². The largest absolute Gasteiger partial charge is 0.484 e. The van der Waals surface area contributed by atoms with Crippen molar-refractivity contribution in [1.82, 2.24) is 0 Å². The lowest BCUT2D eigenvalue weighted by Gasteiger charge is -2.17. The number of para-hydroxylation sites is 1. The van der Waals surface area contributed by atoms with Crippen molar-refractivity contribution in [2.45, 2.75) is 6.42 Å². The molecule has 2 aromatic rings. The van der Waals surface area contributed by atoms with Gasteiger partial charge in [0.15, 0.2) is 6.61 Å². The number of fused-ring (bicyclic) bond motifs is 1. The SMILES string of the molecule is O=Cc1cccc(OCC(=O)N2CCc3ccccc32)c1. The zero-order chi connectivity index (χ0) is 14.7. The van der Waals surface area contributed by atoms with Crippen LogP contribution in [0.3, 0.4) is 0 Å². The van der Waals surface area contributed by atoms with E-state index in [0.717, 1.165) is 18.4 Å². The van der Waals surface area contributed by atoms with Gasteiger partial charge in [0.25, 0.3) is 5.91 Å². The average molecular weight is 281 g/mol. The number of rotatable bonds is 4. The summed E-state index contributed by atoms with van der Waals surface area (Å²) in [4.78, 5) is 24.7. The predicted molar refractivity (Wildman–Crippen MR) is 79.8 cm³/mol. The Bertz CT molecular complexity index is 681. The minimum Gasteiger partial charge on any atom is -0.484 e. The van der Waals surface area contributed by atoms with Crippen molar-refractivity contribution in [2.24, 2.45) is 0 Å². The van der Waals surface area contributed by atoms with Gasteiger partial charge in [0.05, 0.1) is 0 Å². The highest BCUT2D eigenvalue weighted by Crippen LogP contribution is 2.27. The van der Waals surface area contributed by atoms with Gasteiger partial charge in [-0.25, -0.2) is 0 Å². The molecule has 0 N–H and O–H groups in total. The first-order valence-electron chi connectivity index (χ1n) is 6.84. The molecule has 0 fully saturated rings. The maximum atomic E-state index is 12.3. The van der Waals surface area contributed by atoms with E-state index >= 15 is 0 Å². The van der Waals surface area contributed by atoms with Crippen molar-refractivity contribution in [3.8, 4) is 5.75 Å². The molecular weight excluding hydrogens is 266 g/mol. The first-order valence-corrected chi connectivity index (χ1v) is 6.84. The Hall–Kier alpha value is -2.62. The molecule has 0 aliphatic carbocycles. The van der Waals surface area contributed by atoms with Crippen molar-refractivity contribution in [3.05, 3.63) is 59.7 Å². The Morgan fingerprint density at radius 1 is 1.19 bits per heavy atom. The minimum absolute atomic E-state index is 0.0311. The predicted octanol–water partition coefficient (Wildman–Crippen LogP) is 2.47. The molecule has 0 radical (unpaired) electrons. The number of anilines is 1. The van der Waals surface area contributed by atoms with Crippen LogP contribution in [0.2, 0.25) is 0 Å². The number of carbonyl (C=O) groups excluding carboxylic acids is 2. The molecular formula is C17H15NO3. The molecule has 4 nitrogen and oxygen atoms in total. The molecule has 1 aliphatic heterocycles. The van der Waals surface area contributed by atoms with E-state index in [1.54, 1.807) is 29.2 Å². The highest BCUT2D eigenvalue weighted by molar-refractivity contribution is 5.96. The van der Waals surface area contributed by atoms with E-state index in [1.165, 1.54) is 5.56 Å². The minimum atomic E-state index is -0.0727. The van der Waals surface area contributed by atoms with Gasteiger partial charge in [-0.1, -0.05) is 30.3 Å². The second kappa shape index (κ2) is 5.79. The Morgan fingerprint density at radius 3 is 2.90 bits per heavy atom. The van der Waals surface area contributed by atoms with Gasteiger partial charge in [-0.15, -0.1) is 0 Å². The van der Waals surface area contributed by atoms with Crippen LogP contribution < -0.4 is 9.64 Å². The summed E-state index contributed by atoms with van der Waals surface area (Å²) in [5, 5.41) is 0. The van der Waals surface area contributed by atoms with Gasteiger partial charge < -0.3 is 9.64 Å². The Labute approximate surface area is 123 Å². The second-order valence-corrected chi connectivity index (χ2v) is 4.90. The molecule has 0 saturated carbocycles. The van der Waals surface area contributed by atoms with Crippen LogP contribution in [0.4, 0.5) is 5.69 Å². The second-order valence-electron chi connectivity index (χ2n) is 4.90. The van der Waals surface area contributed by atoms with E-state index in [4.69, 9.17) is 4.74 Å². The summed E-state index contributed by atoms with van der Waals surface area (Å²) in [6.07, 6.45) is 1.63. The summed E-state index contributed by atoms with van der Waals surface area (Å²) in [6, 6.07) is 14.7. The molecule has 0 spiro atoms. The monoisotopic (exact) mass is 281 g/mol. The van der Waals surface area contributed by atoms with Crippen LogP contribution >= 0.6 is 0 Å². The van der Waals surface area contributed by atoms with Crippen molar-refractivity contribution in [3.63, 3.8) is 0 Å². The van der Waals surface area contributed by atoms with E-state index in [-0.39, 0.29) is 12.5 Å². The Balaban J connectivity index is 1.66. The Morgan fingerprint density at radius 2 is 2.05 bits per heavy atom. The highest BCUT2D eigenvalue weighted by Gasteiger charge is 2.24. The quantitative estimate of drug-likeness (QED) is 0.809. The van der Waals surface area contributed by atoms with Crippen molar-refractivity contribution in [2.75, 3.05) is 18.1 Å². The summed E-state index contributed by atoms with van der Waals surface area (Å²) < 4.78 is 5.49. The van der Waals surface area contributed by atoms with Crippen LogP contribution in [0.15, 0.2) is 48.5 Å². The van der Waals surface area contributed by atoms with Crippen molar-refractivity contribution >= 4 is 17.9 Å². The lowest BCUT2D eigenvalue weighted by molar-refractivity contribution is -0.120. The molecule has 106 valence electrons. The molecule has 0 aromatic heterocycles. The van der Waals surface area contributed by atoms with Gasteiger partial charge in [-0.2, -0.15) is 0 Å². The van der Waals surface area contributed by atoms with E-state index in [9.17, 15) is 9.59 Å². The van der Waals surface area contributed by atoms with Gasteiger partial charge >= 0.3 is 0 Å². The first-order chi connectivity index (χ1) is 10.3. The molecule has 0 unspecified atom stereocenters. The maximum absolute atomic E-state index is 12.3. The van der Waals surface area contributed by atoms with Crippen LogP contribution in [0, 0.1) is 0 Å². The zero-order valence-corrected chi connectivity index (χ0v) is 11.5. The number of hydrogen-bond acceptors (Lipinski definition) is 3. The molecule has 4 heteroatoms. The van der Waals surface area contributed by atoms with E-state index < -0.39 is 0 Å². The molecule has 1 aliphatic rings. The van der Waals surface area contributed by atoms with E-state index in [0.29, 0.717) is 17.9 Å². The van der Waals surface area contributed by atoms with Crippen molar-refractivity contribution < 1.29 is 14.3 Å². The number of carbonyl (C=O) groups is 2. The third kappa shape index (κ3) is 2.79. The lowest BCUT2D eigenvalue weighted by Crippen LogP contribution is -2.33. The van der Waals surface area contributed by atoms with Crippen LogP contribution in [0.25, 0.3) is 0 Å². The van der Waals surface area contributed by atoms with Crippen LogP contribution in [-0.4, -0.2) is 25.3 Å². The van der Waals surface area contributed by atoms with Crippen LogP contribution in [-0.2, 0) is 11.2 Å². The van der Waals surface area contributed by atoms with E-state index in [2.05, 4.69) is 0 Å². The molecule has 0 atom stereocenters. The summed E-state index contributed by atoms with van der Waals surface area (Å²) in [7, 11) is 0. The number of aldehydes is 1. The third-order valence-corrected chi connectivity index (χ3v) is 3.54. The summed E-state index contributed by atoms with van der Waals surface area (Å²) >= 11 is 0. The highest BCUT2D eigenvalue weighted by atomic mass is 16.5. The maximum Gasteiger partial charge on any atom is 0.264 e. The first kappa shape index (κ1) is 13.4. The number of benzene rings is 2. The lowest BCUT2D eigenvalue weighted by atomic mass is 10.2. The van der Waals surface area contributed by atoms with E-state index in [1.807, 2.05) is 24.3 Å². The third-order valence-electron chi connectivity index (χ3n) is 3.54. The standard InChI is InChI=1S/C17H15NO3/c19-11-13-4-3-6-15(10-13)21-12-17(20)18-9-8-14-5-1-2-7-16(14)18/h1-7,10-11H,8-9,12H2. The molecule has 1 heterocycles. The van der Waals surface area contributed by atoms with Crippen LogP contribution in [0.1, 0.15) is 15.9 Å². The zero-order valence-electron chi connectivity index (χ0n) is 11.5. The molecule has 0 saturated heterocycles. The van der Waals surface area contributed by atoms with Crippen LogP contribution in [0.5, 0.6) is 5.75 Å². The van der Waals surface area contributed by atoms with Gasteiger partial charge in [0.2, 0.25) is 0 Å².